The van der Waals surface area contributed by atoms with Gasteiger partial charge in [-0.05, 0) is 76.5 Å². The van der Waals surface area contributed by atoms with Crippen LogP contribution in [0.3, 0.4) is 0 Å². The number of carbonyl (C=O) groups is 1. The molecule has 5 fully saturated rings. The Balaban J connectivity index is 1.15. The molecule has 0 aromatic heterocycles. The number of rotatable bonds is 7. The predicted molar refractivity (Wildman–Crippen MR) is 131 cm³/mol. The Bertz CT molecular complexity index is 1180. The minimum atomic E-state index is -6.32. The molecule has 5 aliphatic carbocycles. The van der Waals surface area contributed by atoms with Crippen molar-refractivity contribution in [1.82, 2.24) is 0 Å². The van der Waals surface area contributed by atoms with E-state index in [9.17, 15) is 30.8 Å². The summed E-state index contributed by atoms with van der Waals surface area (Å²) in [6, 6.07) is 0. The number of hydrogen-bond acceptors (Lipinski definition) is 7. The molecule has 13 heteroatoms. The molecule has 1 spiro atoms. The third-order valence-electron chi connectivity index (χ3n) is 10.4. The van der Waals surface area contributed by atoms with E-state index in [1.54, 1.807) is 0 Å². The van der Waals surface area contributed by atoms with Gasteiger partial charge in [-0.25, -0.2) is 4.79 Å². The lowest BCUT2D eigenvalue weighted by atomic mass is 9.69. The van der Waals surface area contributed by atoms with Gasteiger partial charge in [0, 0.05) is 17.8 Å². The summed E-state index contributed by atoms with van der Waals surface area (Å²) in [5.74, 6) is -10.5. The van der Waals surface area contributed by atoms with Gasteiger partial charge in [0.25, 0.3) is 0 Å². The molecule has 6 aliphatic rings. The lowest BCUT2D eigenvalue weighted by molar-refractivity contribution is -0.256. The van der Waals surface area contributed by atoms with E-state index in [2.05, 4.69) is 0 Å². The van der Waals surface area contributed by atoms with Crippen molar-refractivity contribution in [2.24, 2.45) is 29.6 Å². The van der Waals surface area contributed by atoms with Crippen LogP contribution in [0, 0.1) is 29.6 Å². The monoisotopic (exact) mass is 596 g/mol. The van der Waals surface area contributed by atoms with E-state index >= 15 is 0 Å². The van der Waals surface area contributed by atoms with Gasteiger partial charge in [-0.1, -0.05) is 18.6 Å². The first-order valence-corrected chi connectivity index (χ1v) is 15.6. The van der Waals surface area contributed by atoms with Crippen molar-refractivity contribution < 1.29 is 54.3 Å². The Labute approximate surface area is 230 Å². The number of alkyl halides is 4. The third-order valence-corrected chi connectivity index (χ3v) is 11.3. The number of esters is 1. The summed E-state index contributed by atoms with van der Waals surface area (Å²) in [5.41, 5.74) is 0.675. The SMILES string of the molecule is CC1C=C2CC(OCC(=O)OC3(C)CCCC3)CC(C2)C12OC1C3CC(C1O2)C(C(F)(F)C(F)(F)S(=O)(=O)O)C3. The molecular weight excluding hydrogens is 560 g/mol. The first-order valence-electron chi connectivity index (χ1n) is 14.2. The highest BCUT2D eigenvalue weighted by Gasteiger charge is 2.76. The van der Waals surface area contributed by atoms with Crippen LogP contribution in [0.15, 0.2) is 11.6 Å². The van der Waals surface area contributed by atoms with E-state index in [0.29, 0.717) is 19.3 Å². The Morgan fingerprint density at radius 1 is 1.10 bits per heavy atom. The Hall–Kier alpha value is -1.28. The molecule has 0 aromatic carbocycles. The average molecular weight is 597 g/mol. The number of hydrogen-bond donors (Lipinski definition) is 1. The fraction of sp³-hybridized carbons (Fsp3) is 0.889. The van der Waals surface area contributed by atoms with Gasteiger partial charge < -0.3 is 18.9 Å². The molecule has 0 radical (unpaired) electrons. The van der Waals surface area contributed by atoms with Crippen molar-refractivity contribution in [3.05, 3.63) is 11.6 Å². The average Bonchev–Trinajstić information content (AvgIpc) is 3.62. The van der Waals surface area contributed by atoms with Crippen molar-refractivity contribution in [3.63, 3.8) is 0 Å². The maximum Gasteiger partial charge on any atom is 0.431 e. The fourth-order valence-electron chi connectivity index (χ4n) is 8.54. The van der Waals surface area contributed by atoms with Gasteiger partial charge in [-0.3, -0.25) is 4.55 Å². The summed E-state index contributed by atoms with van der Waals surface area (Å²) in [4.78, 5) is 12.5. The van der Waals surface area contributed by atoms with Gasteiger partial charge in [-0.2, -0.15) is 26.0 Å². The molecule has 40 heavy (non-hydrogen) atoms. The van der Waals surface area contributed by atoms with Crippen LogP contribution in [0.4, 0.5) is 17.6 Å². The van der Waals surface area contributed by atoms with Crippen molar-refractivity contribution in [1.29, 1.82) is 0 Å². The van der Waals surface area contributed by atoms with Crippen LogP contribution in [0.2, 0.25) is 0 Å². The largest absolute Gasteiger partial charge is 0.458 e. The van der Waals surface area contributed by atoms with E-state index in [0.717, 1.165) is 31.3 Å². The maximum absolute atomic E-state index is 14.9. The van der Waals surface area contributed by atoms with Gasteiger partial charge in [0.1, 0.15) is 12.2 Å². The Morgan fingerprint density at radius 2 is 1.77 bits per heavy atom. The van der Waals surface area contributed by atoms with Crippen LogP contribution in [-0.2, 0) is 33.9 Å². The zero-order valence-corrected chi connectivity index (χ0v) is 23.3. The Kier molecular flexibility index (Phi) is 6.74. The summed E-state index contributed by atoms with van der Waals surface area (Å²) < 4.78 is 114. The summed E-state index contributed by atoms with van der Waals surface area (Å²) in [6.07, 6.45) is 5.54. The normalized spacial score (nSPS) is 42.2. The van der Waals surface area contributed by atoms with Crippen molar-refractivity contribution in [2.45, 2.75) is 113 Å². The van der Waals surface area contributed by atoms with Gasteiger partial charge in [-0.15, -0.1) is 0 Å². The molecule has 0 aromatic rings. The second-order valence-corrected chi connectivity index (χ2v) is 14.5. The van der Waals surface area contributed by atoms with E-state index in [4.69, 9.17) is 23.5 Å². The van der Waals surface area contributed by atoms with Crippen molar-refractivity contribution in [2.75, 3.05) is 6.61 Å². The molecule has 1 aliphatic heterocycles. The van der Waals surface area contributed by atoms with E-state index in [-0.39, 0.29) is 37.4 Å². The van der Waals surface area contributed by atoms with Crippen LogP contribution in [-0.4, -0.2) is 66.4 Å². The second kappa shape index (κ2) is 9.36. The Morgan fingerprint density at radius 3 is 2.45 bits per heavy atom. The quantitative estimate of drug-likeness (QED) is 0.192. The van der Waals surface area contributed by atoms with Gasteiger partial charge in [0.2, 0.25) is 0 Å². The lowest BCUT2D eigenvalue weighted by Crippen LogP contribution is -2.55. The first kappa shape index (κ1) is 28.8. The second-order valence-electron chi connectivity index (χ2n) is 13.0. The molecule has 1 heterocycles. The molecule has 6 rings (SSSR count). The van der Waals surface area contributed by atoms with Gasteiger partial charge in [0.15, 0.2) is 5.79 Å². The zero-order valence-electron chi connectivity index (χ0n) is 22.5. The number of halogens is 4. The first-order chi connectivity index (χ1) is 18.6. The molecule has 4 bridgehead atoms. The number of ether oxygens (including phenoxy) is 4. The van der Waals surface area contributed by atoms with E-state index in [1.807, 2.05) is 19.9 Å². The van der Waals surface area contributed by atoms with Crippen LogP contribution in [0.25, 0.3) is 0 Å². The summed E-state index contributed by atoms with van der Waals surface area (Å²) >= 11 is 0. The molecule has 9 unspecified atom stereocenters. The highest BCUT2D eigenvalue weighted by Crippen LogP contribution is 2.64. The number of fused-ring (bicyclic) bond motifs is 8. The van der Waals surface area contributed by atoms with Crippen molar-refractivity contribution >= 4 is 16.1 Å². The van der Waals surface area contributed by atoms with Crippen LogP contribution in [0.1, 0.15) is 71.6 Å². The molecule has 226 valence electrons. The highest BCUT2D eigenvalue weighted by atomic mass is 32.2. The zero-order chi connectivity index (χ0) is 28.9. The molecular formula is C27H36F4O8S. The third kappa shape index (κ3) is 4.36. The fourth-order valence-corrected chi connectivity index (χ4v) is 9.03. The molecule has 1 saturated heterocycles. The smallest absolute Gasteiger partial charge is 0.431 e. The minimum absolute atomic E-state index is 0.153. The number of carbonyl (C=O) groups excluding carboxylic acids is 1. The van der Waals surface area contributed by atoms with Crippen LogP contribution in [0.5, 0.6) is 0 Å². The summed E-state index contributed by atoms with van der Waals surface area (Å²) in [5, 5.41) is -5.61. The van der Waals surface area contributed by atoms with Crippen LogP contribution >= 0.6 is 0 Å². The standard InChI is InChI=1S/C27H36F4O8S/c1-14-7-15-8-17(12-18(9-15)36-13-21(32)37-24(2)5-3-4-6-24)25(14)38-22-16-10-19(23(22)39-25)20(11-16)26(28,29)27(30,31)40(33,34)35/h7,14,16-20,22-23H,3-6,8-13H2,1-2H3,(H,33,34,35). The minimum Gasteiger partial charge on any atom is -0.458 e. The topological polar surface area (TPSA) is 108 Å². The highest BCUT2D eigenvalue weighted by molar-refractivity contribution is 7.87. The maximum atomic E-state index is 14.9. The van der Waals surface area contributed by atoms with Gasteiger partial charge >= 0.3 is 27.3 Å². The summed E-state index contributed by atoms with van der Waals surface area (Å²) in [6.45, 7) is 3.66. The van der Waals surface area contributed by atoms with Gasteiger partial charge in [0.05, 0.1) is 18.3 Å². The predicted octanol–water partition coefficient (Wildman–Crippen LogP) is 4.88. The van der Waals surface area contributed by atoms with E-state index < -0.39 is 68.6 Å². The lowest BCUT2D eigenvalue weighted by Gasteiger charge is -2.48. The summed E-state index contributed by atoms with van der Waals surface area (Å²) in [7, 11) is -6.32. The van der Waals surface area contributed by atoms with Crippen molar-refractivity contribution in [3.8, 4) is 0 Å². The van der Waals surface area contributed by atoms with Crippen LogP contribution < -0.4 is 0 Å². The molecule has 8 nitrogen and oxygen atoms in total. The van der Waals surface area contributed by atoms with E-state index in [1.165, 1.54) is 0 Å². The molecule has 1 N–H and O–H groups in total. The molecule has 0 amide bonds. The molecule has 4 saturated carbocycles. The molecule has 9 atom stereocenters.